The van der Waals surface area contributed by atoms with E-state index in [2.05, 4.69) is 30.2 Å². The van der Waals surface area contributed by atoms with Crippen molar-refractivity contribution in [3.05, 3.63) is 78.5 Å². The molecule has 0 N–H and O–H groups in total. The number of halogens is 5. The van der Waals surface area contributed by atoms with Gasteiger partial charge in [0.1, 0.15) is 23.5 Å². The lowest BCUT2D eigenvalue weighted by atomic mass is 10.0. The van der Waals surface area contributed by atoms with Crippen molar-refractivity contribution in [2.45, 2.75) is 20.0 Å². The third-order valence-electron chi connectivity index (χ3n) is 4.71. The number of hydrogen-bond acceptors (Lipinski definition) is 6. The van der Waals surface area contributed by atoms with Crippen LogP contribution in [0.1, 0.15) is 19.7 Å². The summed E-state index contributed by atoms with van der Waals surface area (Å²) in [7, 11) is 0. The van der Waals surface area contributed by atoms with E-state index in [9.17, 15) is 22.0 Å². The van der Waals surface area contributed by atoms with Gasteiger partial charge in [-0.05, 0) is 24.3 Å². The van der Waals surface area contributed by atoms with Crippen molar-refractivity contribution in [2.24, 2.45) is 0 Å². The van der Waals surface area contributed by atoms with Gasteiger partial charge in [-0.15, -0.1) is 15.3 Å². The minimum Gasteiger partial charge on any atom is -0.220 e. The van der Waals surface area contributed by atoms with Crippen molar-refractivity contribution in [1.82, 2.24) is 34.9 Å². The second kappa shape index (κ2) is 9.49. The van der Waals surface area contributed by atoms with E-state index in [0.29, 0.717) is 22.2 Å². The molecule has 0 bridgehead atoms. The first-order valence-electron chi connectivity index (χ1n) is 10.3. The normalized spacial score (nSPS) is 11.3. The van der Waals surface area contributed by atoms with Crippen LogP contribution in [0.5, 0.6) is 0 Å². The maximum Gasteiger partial charge on any atom is 0.453 e. The molecular weight excluding hydrogens is 469 g/mol. The fourth-order valence-corrected chi connectivity index (χ4v) is 3.24. The summed E-state index contributed by atoms with van der Waals surface area (Å²) in [4.78, 5) is 11.4. The Balaban J connectivity index is 0.00000141. The fraction of sp³-hybridized carbons (Fsp3) is 0.130. The molecule has 5 aromatic rings. The molecule has 3 aromatic heterocycles. The molecule has 178 valence electrons. The molecule has 0 atom stereocenters. The molecule has 0 amide bonds. The Morgan fingerprint density at radius 1 is 0.829 bits per heavy atom. The van der Waals surface area contributed by atoms with Crippen LogP contribution in [-0.4, -0.2) is 34.9 Å². The zero-order valence-electron chi connectivity index (χ0n) is 18.3. The van der Waals surface area contributed by atoms with E-state index in [1.807, 2.05) is 13.8 Å². The summed E-state index contributed by atoms with van der Waals surface area (Å²) in [6.45, 7) is 4.00. The zero-order chi connectivity index (χ0) is 25.2. The van der Waals surface area contributed by atoms with Gasteiger partial charge in [-0.2, -0.15) is 17.9 Å². The average molecular weight is 485 g/mol. The molecule has 0 radical (unpaired) electrons. The third kappa shape index (κ3) is 4.67. The standard InChI is InChI=1S/C21H10F5N7.C2H6/c22-13-5-2-6-14(23)17(13)16-9-11-3-1-4-12(18(11)31-30-16)15-7-8-27-20(29-15)33-10-28-19(32-33)21(24,25)26;1-2/h1-10H;1-2H3. The second-order valence-corrected chi connectivity index (χ2v) is 6.82. The van der Waals surface area contributed by atoms with Gasteiger partial charge >= 0.3 is 6.18 Å². The minimum absolute atomic E-state index is 0.0147. The lowest BCUT2D eigenvalue weighted by Crippen LogP contribution is -2.09. The molecule has 0 saturated heterocycles. The summed E-state index contributed by atoms with van der Waals surface area (Å²) in [6.07, 6.45) is -2.49. The second-order valence-electron chi connectivity index (χ2n) is 6.82. The molecule has 0 unspecified atom stereocenters. The quantitative estimate of drug-likeness (QED) is 0.307. The maximum atomic E-state index is 14.2. The molecule has 0 aliphatic heterocycles. The Hall–Kier alpha value is -4.35. The first-order chi connectivity index (χ1) is 16.8. The summed E-state index contributed by atoms with van der Waals surface area (Å²) < 4.78 is 67.5. The van der Waals surface area contributed by atoms with E-state index in [0.717, 1.165) is 23.1 Å². The molecular formula is C23H16F5N7. The average Bonchev–Trinajstić information content (AvgIpc) is 3.36. The van der Waals surface area contributed by atoms with Crippen LogP contribution in [0.3, 0.4) is 0 Å². The SMILES string of the molecule is CC.Fc1cccc(F)c1-c1cc2cccc(-c3ccnc(-n4cnc(C(F)(F)F)n4)n3)c2nn1. The molecule has 12 heteroatoms. The predicted octanol–water partition coefficient (Wildman–Crippen LogP) is 5.66. The minimum atomic E-state index is -4.70. The van der Waals surface area contributed by atoms with Gasteiger partial charge in [-0.1, -0.05) is 38.1 Å². The monoisotopic (exact) mass is 485 g/mol. The molecule has 0 saturated carbocycles. The molecule has 0 fully saturated rings. The van der Waals surface area contributed by atoms with Crippen molar-refractivity contribution in [3.63, 3.8) is 0 Å². The highest BCUT2D eigenvalue weighted by Crippen LogP contribution is 2.30. The predicted molar refractivity (Wildman–Crippen MR) is 117 cm³/mol. The van der Waals surface area contributed by atoms with Crippen molar-refractivity contribution in [1.29, 1.82) is 0 Å². The van der Waals surface area contributed by atoms with Crippen LogP contribution in [-0.2, 0) is 6.18 Å². The molecule has 0 aliphatic carbocycles. The topological polar surface area (TPSA) is 82.3 Å². The number of hydrogen-bond donors (Lipinski definition) is 0. The lowest BCUT2D eigenvalue weighted by Gasteiger charge is -2.08. The molecule has 0 aliphatic rings. The van der Waals surface area contributed by atoms with E-state index in [-0.39, 0.29) is 17.2 Å². The summed E-state index contributed by atoms with van der Waals surface area (Å²) in [5.41, 5.74) is 0.903. The number of rotatable bonds is 3. The Morgan fingerprint density at radius 3 is 2.23 bits per heavy atom. The fourth-order valence-electron chi connectivity index (χ4n) is 3.24. The van der Waals surface area contributed by atoms with E-state index in [4.69, 9.17) is 0 Å². The van der Waals surface area contributed by atoms with Gasteiger partial charge in [-0.3, -0.25) is 0 Å². The summed E-state index contributed by atoms with van der Waals surface area (Å²) >= 11 is 0. The first-order valence-corrected chi connectivity index (χ1v) is 10.3. The number of aromatic nitrogens is 7. The van der Waals surface area contributed by atoms with Crippen LogP contribution in [0.25, 0.3) is 39.4 Å². The van der Waals surface area contributed by atoms with E-state index in [1.54, 1.807) is 18.2 Å². The Labute approximate surface area is 195 Å². The molecule has 7 nitrogen and oxygen atoms in total. The van der Waals surface area contributed by atoms with Gasteiger partial charge in [0.25, 0.3) is 11.8 Å². The smallest absolute Gasteiger partial charge is 0.220 e. The summed E-state index contributed by atoms with van der Waals surface area (Å²) in [5.74, 6) is -3.00. The van der Waals surface area contributed by atoms with Crippen molar-refractivity contribution >= 4 is 10.9 Å². The Morgan fingerprint density at radius 2 is 1.54 bits per heavy atom. The number of benzene rings is 2. The number of nitrogens with zero attached hydrogens (tertiary/aromatic N) is 7. The highest BCUT2D eigenvalue weighted by molar-refractivity contribution is 5.93. The van der Waals surface area contributed by atoms with Gasteiger partial charge in [0.2, 0.25) is 0 Å². The number of fused-ring (bicyclic) bond motifs is 1. The van der Waals surface area contributed by atoms with Crippen molar-refractivity contribution in [3.8, 4) is 28.5 Å². The lowest BCUT2D eigenvalue weighted by molar-refractivity contribution is -0.144. The van der Waals surface area contributed by atoms with Crippen molar-refractivity contribution < 1.29 is 22.0 Å². The molecule has 2 aromatic carbocycles. The largest absolute Gasteiger partial charge is 0.453 e. The highest BCUT2D eigenvalue weighted by atomic mass is 19.4. The van der Waals surface area contributed by atoms with E-state index in [1.165, 1.54) is 24.4 Å². The van der Waals surface area contributed by atoms with Gasteiger partial charge < -0.3 is 0 Å². The van der Waals surface area contributed by atoms with Gasteiger partial charge in [0.15, 0.2) is 0 Å². The first kappa shape index (κ1) is 23.8. The van der Waals surface area contributed by atoms with E-state index < -0.39 is 23.6 Å². The van der Waals surface area contributed by atoms with Gasteiger partial charge in [0.05, 0.1) is 17.0 Å². The number of alkyl halides is 3. The third-order valence-corrected chi connectivity index (χ3v) is 4.71. The summed E-state index contributed by atoms with van der Waals surface area (Å²) in [5, 5.41) is 12.0. The molecule has 3 heterocycles. The van der Waals surface area contributed by atoms with E-state index >= 15 is 0 Å². The molecule has 35 heavy (non-hydrogen) atoms. The van der Waals surface area contributed by atoms with Crippen molar-refractivity contribution in [2.75, 3.05) is 0 Å². The maximum absolute atomic E-state index is 14.2. The summed E-state index contributed by atoms with van der Waals surface area (Å²) in [6, 6.07) is 11.6. The zero-order valence-corrected chi connectivity index (χ0v) is 18.3. The Bertz CT molecular complexity index is 1480. The highest BCUT2D eigenvalue weighted by Gasteiger charge is 2.36. The van der Waals surface area contributed by atoms with Gasteiger partial charge in [-0.25, -0.2) is 23.7 Å². The Kier molecular flexibility index (Phi) is 6.45. The van der Waals surface area contributed by atoms with Crippen LogP contribution in [0.15, 0.2) is 61.1 Å². The molecule has 5 rings (SSSR count). The van der Waals surface area contributed by atoms with Crippen LogP contribution in [0, 0.1) is 11.6 Å². The van der Waals surface area contributed by atoms with Gasteiger partial charge in [0, 0.05) is 17.1 Å². The van der Waals surface area contributed by atoms with Crippen LogP contribution < -0.4 is 0 Å². The van der Waals surface area contributed by atoms with Crippen LogP contribution >= 0.6 is 0 Å². The van der Waals surface area contributed by atoms with Crippen LogP contribution in [0.4, 0.5) is 22.0 Å². The van der Waals surface area contributed by atoms with Crippen LogP contribution in [0.2, 0.25) is 0 Å². The molecule has 0 spiro atoms.